The number of carbonyl (C=O) groups is 2. The second-order valence-corrected chi connectivity index (χ2v) is 6.08. The van der Waals surface area contributed by atoms with Gasteiger partial charge in [-0.15, -0.1) is 11.3 Å². The fourth-order valence-electron chi connectivity index (χ4n) is 2.59. The van der Waals surface area contributed by atoms with E-state index in [0.717, 1.165) is 24.8 Å². The van der Waals surface area contributed by atoms with Gasteiger partial charge < -0.3 is 10.1 Å². The average Bonchev–Trinajstić information content (AvgIpc) is 3.08. The number of hydrogen-bond acceptors (Lipinski definition) is 5. The normalized spacial score (nSPS) is 12.8. The molecular weight excluding hydrogens is 300 g/mol. The summed E-state index contributed by atoms with van der Waals surface area (Å²) in [5.41, 5.74) is 2.08. The van der Waals surface area contributed by atoms with Crippen molar-refractivity contribution in [2.75, 3.05) is 11.9 Å². The number of thiophene rings is 1. The number of nitrogens with zero attached hydrogens (tertiary/aromatic N) is 1. The lowest BCUT2D eigenvalue weighted by Crippen LogP contribution is -2.15. The zero-order valence-electron chi connectivity index (χ0n) is 12.2. The van der Waals surface area contributed by atoms with E-state index in [1.807, 2.05) is 0 Å². The molecule has 1 aliphatic rings. The fourth-order valence-corrected chi connectivity index (χ4v) is 3.86. The van der Waals surface area contributed by atoms with Crippen molar-refractivity contribution in [1.82, 2.24) is 4.98 Å². The summed E-state index contributed by atoms with van der Waals surface area (Å²) in [6.07, 6.45) is 6.00. The van der Waals surface area contributed by atoms with E-state index in [-0.39, 0.29) is 11.9 Å². The molecule has 0 bridgehead atoms. The van der Waals surface area contributed by atoms with Gasteiger partial charge in [-0.1, -0.05) is 0 Å². The minimum absolute atomic E-state index is 0.243. The fraction of sp³-hybridized carbons (Fsp3) is 0.312. The Morgan fingerprint density at radius 3 is 2.82 bits per heavy atom. The number of nitrogens with one attached hydrogen (secondary N) is 1. The van der Waals surface area contributed by atoms with Crippen LogP contribution in [0, 0.1) is 0 Å². The first-order chi connectivity index (χ1) is 10.7. The molecule has 0 saturated carbocycles. The Kier molecular flexibility index (Phi) is 4.20. The van der Waals surface area contributed by atoms with Crippen LogP contribution in [0.15, 0.2) is 24.5 Å². The maximum atomic E-state index is 12.3. The van der Waals surface area contributed by atoms with Gasteiger partial charge in [0.15, 0.2) is 0 Å². The summed E-state index contributed by atoms with van der Waals surface area (Å²) >= 11 is 1.48. The predicted molar refractivity (Wildman–Crippen MR) is 84.5 cm³/mol. The van der Waals surface area contributed by atoms with Crippen LogP contribution in [0.4, 0.5) is 5.00 Å². The second kappa shape index (κ2) is 6.27. The Morgan fingerprint density at radius 2 is 2.09 bits per heavy atom. The first-order valence-electron chi connectivity index (χ1n) is 7.23. The summed E-state index contributed by atoms with van der Waals surface area (Å²) in [4.78, 5) is 29.6. The van der Waals surface area contributed by atoms with E-state index in [2.05, 4.69) is 10.3 Å². The van der Waals surface area contributed by atoms with E-state index < -0.39 is 0 Å². The van der Waals surface area contributed by atoms with Crippen LogP contribution in [0.3, 0.4) is 0 Å². The number of ether oxygens (including phenoxy) is 1. The van der Waals surface area contributed by atoms with Gasteiger partial charge in [0.25, 0.3) is 5.91 Å². The quantitative estimate of drug-likeness (QED) is 0.880. The smallest absolute Gasteiger partial charge is 0.341 e. The molecule has 1 N–H and O–H groups in total. The number of carbonyl (C=O) groups excluding carboxylic acids is 2. The Hall–Kier alpha value is -2.21. The maximum Gasteiger partial charge on any atom is 0.341 e. The molecule has 0 spiro atoms. The highest BCUT2D eigenvalue weighted by atomic mass is 32.1. The van der Waals surface area contributed by atoms with Crippen LogP contribution in [0.2, 0.25) is 0 Å². The minimum atomic E-state index is -0.355. The van der Waals surface area contributed by atoms with Crippen LogP contribution in [-0.4, -0.2) is 23.5 Å². The lowest BCUT2D eigenvalue weighted by molar-refractivity contribution is 0.0527. The molecule has 2 heterocycles. The molecule has 1 amide bonds. The van der Waals surface area contributed by atoms with E-state index in [4.69, 9.17) is 4.74 Å². The predicted octanol–water partition coefficient (Wildman–Crippen LogP) is 3.06. The van der Waals surface area contributed by atoms with E-state index >= 15 is 0 Å². The van der Waals surface area contributed by atoms with Gasteiger partial charge in [-0.2, -0.15) is 0 Å². The Balaban J connectivity index is 1.91. The number of fused-ring (bicyclic) bond motifs is 1. The number of aromatic nitrogens is 1. The van der Waals surface area contributed by atoms with Crippen molar-refractivity contribution < 1.29 is 14.3 Å². The standard InChI is InChI=1S/C16H16N2O3S/c1-2-21-16(20)13-11-4-3-5-12(11)22-15(13)18-14(19)10-6-8-17-9-7-10/h6-9H,2-5H2,1H3,(H,18,19). The van der Waals surface area contributed by atoms with Gasteiger partial charge in [-0.25, -0.2) is 4.79 Å². The molecule has 0 unspecified atom stereocenters. The Bertz CT molecular complexity index is 710. The molecule has 5 nitrogen and oxygen atoms in total. The van der Waals surface area contributed by atoms with Gasteiger partial charge >= 0.3 is 5.97 Å². The van der Waals surface area contributed by atoms with E-state index in [1.54, 1.807) is 31.5 Å². The van der Waals surface area contributed by atoms with Crippen molar-refractivity contribution in [3.63, 3.8) is 0 Å². The lowest BCUT2D eigenvalue weighted by atomic mass is 10.1. The first-order valence-corrected chi connectivity index (χ1v) is 8.05. The van der Waals surface area contributed by atoms with Crippen LogP contribution < -0.4 is 5.32 Å². The van der Waals surface area contributed by atoms with E-state index in [9.17, 15) is 9.59 Å². The van der Waals surface area contributed by atoms with Gasteiger partial charge in [0.2, 0.25) is 0 Å². The monoisotopic (exact) mass is 316 g/mol. The highest BCUT2D eigenvalue weighted by molar-refractivity contribution is 7.17. The van der Waals surface area contributed by atoms with Gasteiger partial charge in [-0.3, -0.25) is 9.78 Å². The number of amides is 1. The highest BCUT2D eigenvalue weighted by Crippen LogP contribution is 2.39. The summed E-state index contributed by atoms with van der Waals surface area (Å²) in [6.45, 7) is 2.10. The Labute approximate surface area is 132 Å². The van der Waals surface area contributed by atoms with E-state index in [0.29, 0.717) is 22.7 Å². The molecule has 0 aliphatic heterocycles. The molecule has 2 aromatic heterocycles. The summed E-state index contributed by atoms with van der Waals surface area (Å²) in [6, 6.07) is 3.28. The molecule has 22 heavy (non-hydrogen) atoms. The van der Waals surface area contributed by atoms with Crippen molar-refractivity contribution in [3.8, 4) is 0 Å². The Morgan fingerprint density at radius 1 is 1.32 bits per heavy atom. The SMILES string of the molecule is CCOC(=O)c1c(NC(=O)c2ccncc2)sc2c1CCC2. The maximum absolute atomic E-state index is 12.3. The number of esters is 1. The number of anilines is 1. The molecule has 1 aliphatic carbocycles. The summed E-state index contributed by atoms with van der Waals surface area (Å²) in [7, 11) is 0. The number of aryl methyl sites for hydroxylation is 1. The third kappa shape index (κ3) is 2.74. The molecule has 2 aromatic rings. The summed E-state index contributed by atoms with van der Waals surface area (Å²) in [5.74, 6) is -0.597. The topological polar surface area (TPSA) is 68.3 Å². The molecule has 3 rings (SSSR count). The zero-order chi connectivity index (χ0) is 15.5. The van der Waals surface area contributed by atoms with Gasteiger partial charge in [-0.05, 0) is 43.9 Å². The molecule has 0 atom stereocenters. The number of hydrogen-bond donors (Lipinski definition) is 1. The molecule has 0 fully saturated rings. The minimum Gasteiger partial charge on any atom is -0.462 e. The summed E-state index contributed by atoms with van der Waals surface area (Å²) < 4.78 is 5.15. The van der Waals surface area contributed by atoms with E-state index in [1.165, 1.54) is 16.2 Å². The molecule has 0 aromatic carbocycles. The number of rotatable bonds is 4. The largest absolute Gasteiger partial charge is 0.462 e. The molecule has 0 saturated heterocycles. The van der Waals surface area contributed by atoms with Crippen molar-refractivity contribution in [2.24, 2.45) is 0 Å². The second-order valence-electron chi connectivity index (χ2n) is 4.97. The molecule has 114 valence electrons. The summed E-state index contributed by atoms with van der Waals surface area (Å²) in [5, 5.41) is 3.43. The lowest BCUT2D eigenvalue weighted by Gasteiger charge is -2.07. The molecule has 6 heteroatoms. The van der Waals surface area contributed by atoms with Crippen molar-refractivity contribution in [3.05, 3.63) is 46.1 Å². The van der Waals surface area contributed by atoms with Crippen LogP contribution in [0.1, 0.15) is 44.5 Å². The van der Waals surface area contributed by atoms with Crippen LogP contribution in [0.5, 0.6) is 0 Å². The van der Waals surface area contributed by atoms with Crippen LogP contribution in [-0.2, 0) is 17.6 Å². The van der Waals surface area contributed by atoms with Crippen LogP contribution in [0.25, 0.3) is 0 Å². The van der Waals surface area contributed by atoms with Gasteiger partial charge in [0, 0.05) is 22.8 Å². The average molecular weight is 316 g/mol. The van der Waals surface area contributed by atoms with Gasteiger partial charge in [0.1, 0.15) is 5.00 Å². The van der Waals surface area contributed by atoms with Gasteiger partial charge in [0.05, 0.1) is 12.2 Å². The highest BCUT2D eigenvalue weighted by Gasteiger charge is 2.28. The number of pyridine rings is 1. The van der Waals surface area contributed by atoms with Crippen LogP contribution >= 0.6 is 11.3 Å². The molecular formula is C16H16N2O3S. The van der Waals surface area contributed by atoms with Crippen molar-refractivity contribution >= 4 is 28.2 Å². The third-order valence-corrected chi connectivity index (χ3v) is 4.78. The van der Waals surface area contributed by atoms with Crippen molar-refractivity contribution in [1.29, 1.82) is 0 Å². The third-order valence-electron chi connectivity index (χ3n) is 3.57. The van der Waals surface area contributed by atoms with Crippen molar-refractivity contribution in [2.45, 2.75) is 26.2 Å². The zero-order valence-corrected chi connectivity index (χ0v) is 13.0. The molecule has 0 radical (unpaired) electrons. The first kappa shape index (κ1) is 14.7.